The summed E-state index contributed by atoms with van der Waals surface area (Å²) in [4.78, 5) is 0. The molecule has 0 unspecified atom stereocenters. The van der Waals surface area contributed by atoms with Crippen molar-refractivity contribution in [3.63, 3.8) is 0 Å². The predicted octanol–water partition coefficient (Wildman–Crippen LogP) is 4.56. The summed E-state index contributed by atoms with van der Waals surface area (Å²) < 4.78 is 1.34. The van der Waals surface area contributed by atoms with Gasteiger partial charge in [0.1, 0.15) is 0 Å². The van der Waals surface area contributed by atoms with Gasteiger partial charge in [-0.05, 0) is 17.8 Å². The Kier molecular flexibility index (Phi) is 23.6. The summed E-state index contributed by atoms with van der Waals surface area (Å²) in [5.74, 6) is 0. The molecule has 2 heteroatoms. The van der Waals surface area contributed by atoms with Crippen LogP contribution in [0.5, 0.6) is 0 Å². The molecule has 0 aliphatic carbocycles. The van der Waals surface area contributed by atoms with Gasteiger partial charge in [0.25, 0.3) is 0 Å². The summed E-state index contributed by atoms with van der Waals surface area (Å²) in [6.45, 7) is 4.20. The highest BCUT2D eigenvalue weighted by Crippen LogP contribution is 2.08. The molecule has 1 N–H and O–H groups in total. The summed E-state index contributed by atoms with van der Waals surface area (Å²) in [6.07, 6.45) is 11.5. The van der Waals surface area contributed by atoms with Gasteiger partial charge >= 0.3 is 0 Å². The Morgan fingerprint density at radius 3 is 1.50 bits per heavy atom. The SMILES string of the molecule is CCCCCCCCCCI.CCO. The lowest BCUT2D eigenvalue weighted by molar-refractivity contribution is 0.318. The van der Waals surface area contributed by atoms with Gasteiger partial charge < -0.3 is 5.11 Å². The Morgan fingerprint density at radius 2 is 1.14 bits per heavy atom. The van der Waals surface area contributed by atoms with Gasteiger partial charge in [-0.3, -0.25) is 0 Å². The van der Waals surface area contributed by atoms with Gasteiger partial charge in [0.05, 0.1) is 0 Å². The van der Waals surface area contributed by atoms with E-state index in [9.17, 15) is 0 Å². The van der Waals surface area contributed by atoms with Crippen LogP contribution in [0.2, 0.25) is 0 Å². The highest BCUT2D eigenvalue weighted by molar-refractivity contribution is 14.1. The first-order valence-corrected chi connectivity index (χ1v) is 7.52. The van der Waals surface area contributed by atoms with E-state index >= 15 is 0 Å². The molecule has 14 heavy (non-hydrogen) atoms. The Labute approximate surface area is 104 Å². The maximum Gasteiger partial charge on any atom is 0.0402 e. The second kappa shape index (κ2) is 19.3. The summed E-state index contributed by atoms with van der Waals surface area (Å²) in [6, 6.07) is 0. The number of hydrogen-bond acceptors (Lipinski definition) is 1. The van der Waals surface area contributed by atoms with Crippen LogP contribution in [0.3, 0.4) is 0 Å². The maximum atomic E-state index is 7.57. The highest BCUT2D eigenvalue weighted by atomic mass is 127. The number of aliphatic hydroxyl groups is 1. The van der Waals surface area contributed by atoms with Crippen molar-refractivity contribution in [2.45, 2.75) is 65.2 Å². The van der Waals surface area contributed by atoms with Gasteiger partial charge in [-0.2, -0.15) is 0 Å². The summed E-state index contributed by atoms with van der Waals surface area (Å²) in [7, 11) is 0. The molecule has 0 saturated heterocycles. The third-order valence-electron chi connectivity index (χ3n) is 1.99. The summed E-state index contributed by atoms with van der Waals surface area (Å²) in [5, 5.41) is 7.57. The number of halogens is 1. The van der Waals surface area contributed by atoms with Crippen molar-refractivity contribution < 1.29 is 5.11 Å². The van der Waals surface area contributed by atoms with Crippen LogP contribution in [0.1, 0.15) is 65.2 Å². The molecular weight excluding hydrogens is 287 g/mol. The van der Waals surface area contributed by atoms with Crippen LogP contribution < -0.4 is 0 Å². The molecular formula is C12H27IO. The fourth-order valence-corrected chi connectivity index (χ4v) is 1.77. The molecule has 0 bridgehead atoms. The molecule has 0 aliphatic rings. The van der Waals surface area contributed by atoms with Gasteiger partial charge in [-0.25, -0.2) is 0 Å². The molecule has 0 radical (unpaired) electrons. The van der Waals surface area contributed by atoms with Crippen LogP contribution in [-0.2, 0) is 0 Å². The van der Waals surface area contributed by atoms with Crippen LogP contribution in [0, 0.1) is 0 Å². The number of aliphatic hydroxyl groups excluding tert-OH is 1. The smallest absolute Gasteiger partial charge is 0.0402 e. The van der Waals surface area contributed by atoms with Crippen molar-refractivity contribution in [1.82, 2.24) is 0 Å². The Hall–Kier alpha value is 0.690. The fourth-order valence-electron chi connectivity index (χ4n) is 1.23. The van der Waals surface area contributed by atoms with Crippen molar-refractivity contribution in [3.05, 3.63) is 0 Å². The molecule has 0 aromatic carbocycles. The third-order valence-corrected chi connectivity index (χ3v) is 2.75. The zero-order valence-corrected chi connectivity index (χ0v) is 12.1. The first-order valence-electron chi connectivity index (χ1n) is 6.00. The van der Waals surface area contributed by atoms with E-state index in [1.165, 1.54) is 55.8 Å². The molecule has 0 aromatic heterocycles. The molecule has 1 nitrogen and oxygen atoms in total. The van der Waals surface area contributed by atoms with E-state index in [1.807, 2.05) is 0 Å². The van der Waals surface area contributed by atoms with Crippen molar-refractivity contribution >= 4 is 22.6 Å². The molecule has 0 fully saturated rings. The fraction of sp³-hybridized carbons (Fsp3) is 1.00. The molecule has 0 atom stereocenters. The Balaban J connectivity index is 0. The lowest BCUT2D eigenvalue weighted by Crippen LogP contribution is -1.80. The lowest BCUT2D eigenvalue weighted by Gasteiger charge is -1.98. The zero-order chi connectivity index (χ0) is 11.1. The van der Waals surface area contributed by atoms with Gasteiger partial charge in [0, 0.05) is 6.61 Å². The second-order valence-electron chi connectivity index (χ2n) is 3.48. The van der Waals surface area contributed by atoms with Gasteiger partial charge in [-0.1, -0.05) is 74.5 Å². The van der Waals surface area contributed by atoms with Crippen molar-refractivity contribution in [2.75, 3.05) is 11.0 Å². The number of unbranched alkanes of at least 4 members (excludes halogenated alkanes) is 7. The largest absolute Gasteiger partial charge is 0.397 e. The number of hydrogen-bond donors (Lipinski definition) is 1. The molecule has 0 rings (SSSR count). The average Bonchev–Trinajstić information content (AvgIpc) is 2.18. The molecule has 0 amide bonds. The van der Waals surface area contributed by atoms with Crippen LogP contribution in [-0.4, -0.2) is 16.1 Å². The Bertz CT molecular complexity index is 68.7. The minimum absolute atomic E-state index is 0.250. The molecule has 0 aliphatic heterocycles. The van der Waals surface area contributed by atoms with Crippen molar-refractivity contribution in [1.29, 1.82) is 0 Å². The summed E-state index contributed by atoms with van der Waals surface area (Å²) in [5.41, 5.74) is 0. The third kappa shape index (κ3) is 23.0. The van der Waals surface area contributed by atoms with Gasteiger partial charge in [0.15, 0.2) is 0 Å². The van der Waals surface area contributed by atoms with E-state index in [2.05, 4.69) is 29.5 Å². The molecule has 0 spiro atoms. The molecule has 0 heterocycles. The highest BCUT2D eigenvalue weighted by Gasteiger charge is 1.89. The maximum absolute atomic E-state index is 7.57. The van der Waals surface area contributed by atoms with E-state index in [0.29, 0.717) is 0 Å². The zero-order valence-electron chi connectivity index (χ0n) is 9.90. The normalized spacial score (nSPS) is 9.43. The standard InChI is InChI=1S/C10H21I.C2H6O/c1-2-3-4-5-6-7-8-9-10-11;1-2-3/h2-10H2,1H3;3H,2H2,1H3. The first-order chi connectivity index (χ1) is 6.83. The van der Waals surface area contributed by atoms with Crippen LogP contribution in [0.4, 0.5) is 0 Å². The monoisotopic (exact) mass is 314 g/mol. The van der Waals surface area contributed by atoms with E-state index in [0.717, 1.165) is 0 Å². The van der Waals surface area contributed by atoms with E-state index in [4.69, 9.17) is 5.11 Å². The quantitative estimate of drug-likeness (QED) is 0.395. The van der Waals surface area contributed by atoms with E-state index < -0.39 is 0 Å². The van der Waals surface area contributed by atoms with E-state index in [-0.39, 0.29) is 6.61 Å². The van der Waals surface area contributed by atoms with Crippen LogP contribution in [0.15, 0.2) is 0 Å². The van der Waals surface area contributed by atoms with Gasteiger partial charge in [0.2, 0.25) is 0 Å². The average molecular weight is 314 g/mol. The van der Waals surface area contributed by atoms with Crippen molar-refractivity contribution in [2.24, 2.45) is 0 Å². The number of alkyl halides is 1. The van der Waals surface area contributed by atoms with Crippen molar-refractivity contribution in [3.8, 4) is 0 Å². The summed E-state index contributed by atoms with van der Waals surface area (Å²) >= 11 is 2.46. The number of rotatable bonds is 8. The van der Waals surface area contributed by atoms with Gasteiger partial charge in [-0.15, -0.1) is 0 Å². The Morgan fingerprint density at radius 1 is 0.786 bits per heavy atom. The minimum atomic E-state index is 0.250. The van der Waals surface area contributed by atoms with Crippen LogP contribution >= 0.6 is 22.6 Å². The van der Waals surface area contributed by atoms with Crippen LogP contribution in [0.25, 0.3) is 0 Å². The first kappa shape index (κ1) is 17.1. The predicted molar refractivity (Wildman–Crippen MR) is 74.3 cm³/mol. The second-order valence-corrected chi connectivity index (χ2v) is 4.56. The molecule has 0 aromatic rings. The lowest BCUT2D eigenvalue weighted by atomic mass is 10.1. The molecule has 0 saturated carbocycles. The topological polar surface area (TPSA) is 20.2 Å². The molecule has 88 valence electrons. The minimum Gasteiger partial charge on any atom is -0.397 e. The van der Waals surface area contributed by atoms with E-state index in [1.54, 1.807) is 6.92 Å².